The van der Waals surface area contributed by atoms with Crippen LogP contribution in [0.25, 0.3) is 64.6 Å². The summed E-state index contributed by atoms with van der Waals surface area (Å²) in [7, 11) is 0. The van der Waals surface area contributed by atoms with E-state index >= 15 is 0 Å². The van der Waals surface area contributed by atoms with Gasteiger partial charge in [-0.1, -0.05) is 116 Å². The second-order valence-electron chi connectivity index (χ2n) is 11.0. The molecule has 0 radical (unpaired) electrons. The van der Waals surface area contributed by atoms with E-state index in [1.807, 2.05) is 31.2 Å². The van der Waals surface area contributed by atoms with Gasteiger partial charge < -0.3 is 10.2 Å². The molecule has 8 aromatic rings. The van der Waals surface area contributed by atoms with E-state index in [1.54, 1.807) is 0 Å². The Labute approximate surface area is 242 Å². The number of carboxylic acid groups (broad SMARTS) is 2. The van der Waals surface area contributed by atoms with E-state index in [0.717, 1.165) is 21.9 Å². The molecule has 0 saturated carbocycles. The maximum atomic E-state index is 11.6. The van der Waals surface area contributed by atoms with Crippen LogP contribution in [-0.4, -0.2) is 22.2 Å². The third-order valence-corrected chi connectivity index (χ3v) is 8.60. The van der Waals surface area contributed by atoms with Crippen LogP contribution in [-0.2, 0) is 16.0 Å². The fraction of sp³-hybridized carbons (Fsp3) is 0.105. The van der Waals surface area contributed by atoms with E-state index in [4.69, 9.17) is 5.11 Å². The highest BCUT2D eigenvalue weighted by atomic mass is 16.4. The number of aliphatic carboxylic acids is 2. The third kappa shape index (κ3) is 4.07. The number of carboxylic acids is 2. The lowest BCUT2D eigenvalue weighted by atomic mass is 9.87. The fourth-order valence-electron chi connectivity index (χ4n) is 6.70. The molecule has 0 aliphatic rings. The van der Waals surface area contributed by atoms with Gasteiger partial charge >= 0.3 is 11.9 Å². The Kier molecular flexibility index (Phi) is 6.13. The smallest absolute Gasteiger partial charge is 0.310 e. The molecule has 0 spiro atoms. The van der Waals surface area contributed by atoms with Crippen LogP contribution in [0, 0.1) is 0 Å². The molecule has 0 aromatic heterocycles. The van der Waals surface area contributed by atoms with Gasteiger partial charge in [0.15, 0.2) is 0 Å². The summed E-state index contributed by atoms with van der Waals surface area (Å²) in [5.74, 6) is -2.00. The molecule has 0 saturated heterocycles. The second kappa shape index (κ2) is 10.0. The summed E-state index contributed by atoms with van der Waals surface area (Å²) in [5.41, 5.74) is 1.80. The topological polar surface area (TPSA) is 74.6 Å². The van der Waals surface area contributed by atoms with Gasteiger partial charge in [-0.05, 0) is 82.2 Å². The zero-order valence-corrected chi connectivity index (χ0v) is 23.1. The molecular weight excluding hydrogens is 520 g/mol. The summed E-state index contributed by atoms with van der Waals surface area (Å²) in [4.78, 5) is 22.6. The van der Waals surface area contributed by atoms with Gasteiger partial charge in [-0.25, -0.2) is 0 Å². The van der Waals surface area contributed by atoms with Crippen molar-refractivity contribution in [3.63, 3.8) is 0 Å². The first-order valence-electron chi connectivity index (χ1n) is 14.2. The van der Waals surface area contributed by atoms with E-state index in [-0.39, 0.29) is 6.42 Å². The van der Waals surface area contributed by atoms with Crippen molar-refractivity contribution in [2.45, 2.75) is 25.7 Å². The Bertz CT molecular complexity index is 2250. The predicted octanol–water partition coefficient (Wildman–Crippen LogP) is 9.37. The Morgan fingerprint density at radius 1 is 0.548 bits per heavy atom. The van der Waals surface area contributed by atoms with Gasteiger partial charge in [-0.3, -0.25) is 9.59 Å². The maximum Gasteiger partial charge on any atom is 0.310 e. The average molecular weight is 549 g/mol. The maximum absolute atomic E-state index is 11.6. The van der Waals surface area contributed by atoms with E-state index in [1.165, 1.54) is 53.9 Å². The zero-order valence-electron chi connectivity index (χ0n) is 23.1. The molecule has 0 aliphatic carbocycles. The molecule has 1 atom stereocenters. The van der Waals surface area contributed by atoms with Crippen LogP contribution in [0.15, 0.2) is 109 Å². The van der Waals surface area contributed by atoms with Crippen LogP contribution in [0.4, 0.5) is 0 Å². The van der Waals surface area contributed by atoms with E-state index < -0.39 is 17.9 Å². The van der Waals surface area contributed by atoms with Crippen LogP contribution >= 0.6 is 0 Å². The molecule has 4 heteroatoms. The second-order valence-corrected chi connectivity index (χ2v) is 11.0. The SMILES string of the molecule is CCC(C(=O)O)c1ccc2ccc3cccc4ccc1c2c34.O=C(O)Cc1ccc2ccc3cccc4ccc1c2c34. The minimum Gasteiger partial charge on any atom is -0.481 e. The molecule has 8 aromatic carbocycles. The van der Waals surface area contributed by atoms with Crippen molar-refractivity contribution in [2.24, 2.45) is 0 Å². The van der Waals surface area contributed by atoms with Gasteiger partial charge in [-0.2, -0.15) is 0 Å². The lowest BCUT2D eigenvalue weighted by Gasteiger charge is -2.17. The van der Waals surface area contributed by atoms with Crippen molar-refractivity contribution in [1.82, 2.24) is 0 Å². The molecule has 4 nitrogen and oxygen atoms in total. The first kappa shape index (κ1) is 25.7. The monoisotopic (exact) mass is 548 g/mol. The van der Waals surface area contributed by atoms with Crippen molar-refractivity contribution < 1.29 is 19.8 Å². The number of carbonyl (C=O) groups is 2. The van der Waals surface area contributed by atoms with Crippen molar-refractivity contribution in [3.8, 4) is 0 Å². The lowest BCUT2D eigenvalue weighted by Crippen LogP contribution is -2.11. The highest BCUT2D eigenvalue weighted by Gasteiger charge is 2.21. The van der Waals surface area contributed by atoms with Crippen molar-refractivity contribution >= 4 is 76.6 Å². The van der Waals surface area contributed by atoms with Crippen LogP contribution in [0.2, 0.25) is 0 Å². The van der Waals surface area contributed by atoms with Gasteiger partial charge in [0.25, 0.3) is 0 Å². The van der Waals surface area contributed by atoms with E-state index in [9.17, 15) is 14.7 Å². The van der Waals surface area contributed by atoms with Gasteiger partial charge in [0, 0.05) is 0 Å². The summed E-state index contributed by atoms with van der Waals surface area (Å²) < 4.78 is 0. The molecule has 0 aliphatic heterocycles. The first-order chi connectivity index (χ1) is 20.4. The Hall–Kier alpha value is -5.22. The molecule has 0 heterocycles. The van der Waals surface area contributed by atoms with Gasteiger partial charge in [0.2, 0.25) is 0 Å². The minimum atomic E-state index is -0.792. The van der Waals surface area contributed by atoms with Crippen LogP contribution in [0.5, 0.6) is 0 Å². The molecule has 1 unspecified atom stereocenters. The highest BCUT2D eigenvalue weighted by Crippen LogP contribution is 2.39. The molecule has 2 N–H and O–H groups in total. The quantitative estimate of drug-likeness (QED) is 0.210. The largest absolute Gasteiger partial charge is 0.481 e. The number of hydrogen-bond donors (Lipinski definition) is 2. The van der Waals surface area contributed by atoms with E-state index in [2.05, 4.69) is 84.9 Å². The zero-order chi connectivity index (χ0) is 29.0. The summed E-state index contributed by atoms with van der Waals surface area (Å²) in [6.45, 7) is 1.93. The lowest BCUT2D eigenvalue weighted by molar-refractivity contribution is -0.139. The summed E-state index contributed by atoms with van der Waals surface area (Å²) >= 11 is 0. The van der Waals surface area contributed by atoms with Crippen LogP contribution in [0.1, 0.15) is 30.4 Å². The summed E-state index contributed by atoms with van der Waals surface area (Å²) in [5, 5.41) is 32.7. The van der Waals surface area contributed by atoms with Gasteiger partial charge in [0.1, 0.15) is 0 Å². The molecule has 42 heavy (non-hydrogen) atoms. The highest BCUT2D eigenvalue weighted by molar-refractivity contribution is 6.25. The van der Waals surface area contributed by atoms with Crippen LogP contribution < -0.4 is 0 Å². The van der Waals surface area contributed by atoms with E-state index in [0.29, 0.717) is 6.42 Å². The summed E-state index contributed by atoms with van der Waals surface area (Å²) in [6, 6.07) is 37.3. The molecule has 0 fully saturated rings. The normalized spacial score (nSPS) is 12.4. The van der Waals surface area contributed by atoms with Crippen molar-refractivity contribution in [3.05, 3.63) is 120 Å². The van der Waals surface area contributed by atoms with Crippen molar-refractivity contribution in [2.75, 3.05) is 0 Å². The molecule has 0 bridgehead atoms. The Balaban J connectivity index is 0.000000138. The standard InChI is InChI=1S/C20H16O2.C18H12O2/c1-2-15(20(21)22)16-10-8-14-7-6-12-4-3-5-13-9-11-17(16)19(14)18(12)13;19-16(20)10-14-7-6-13-5-4-11-2-1-3-12-8-9-15(14)18(13)17(11)12/h3-11,15H,2H2,1H3,(H,21,22);1-9H,10H2,(H,19,20). The van der Waals surface area contributed by atoms with Crippen LogP contribution in [0.3, 0.4) is 0 Å². The Morgan fingerprint density at radius 2 is 0.976 bits per heavy atom. The number of hydrogen-bond acceptors (Lipinski definition) is 2. The first-order valence-corrected chi connectivity index (χ1v) is 14.2. The fourth-order valence-corrected chi connectivity index (χ4v) is 6.70. The predicted molar refractivity (Wildman–Crippen MR) is 172 cm³/mol. The molecule has 0 amide bonds. The Morgan fingerprint density at radius 3 is 1.48 bits per heavy atom. The van der Waals surface area contributed by atoms with Crippen molar-refractivity contribution in [1.29, 1.82) is 0 Å². The molecular formula is C38H28O4. The number of benzene rings is 8. The summed E-state index contributed by atoms with van der Waals surface area (Å²) in [6.07, 6.45) is 0.660. The molecule has 8 rings (SSSR count). The number of rotatable bonds is 5. The molecule has 204 valence electrons. The van der Waals surface area contributed by atoms with Gasteiger partial charge in [0.05, 0.1) is 12.3 Å². The average Bonchev–Trinajstić information content (AvgIpc) is 3.00. The third-order valence-electron chi connectivity index (χ3n) is 8.60. The minimum absolute atomic E-state index is 0.0637. The van der Waals surface area contributed by atoms with Gasteiger partial charge in [-0.15, -0.1) is 0 Å².